The van der Waals surface area contributed by atoms with E-state index in [9.17, 15) is 23.6 Å². The topological polar surface area (TPSA) is 92.8 Å². The standard InChI is InChI=1S/C20H17FN2O5/c1-20(14-7-3-2-4-8-14)18(26)23(19(27)22-20)11-17(25)28-12-16(24)13-6-5-9-15(21)10-13/h2-10H,11-12H2,1H3,(H,22,27)/t20-/m1/s1. The van der Waals surface area contributed by atoms with Gasteiger partial charge in [-0.2, -0.15) is 0 Å². The van der Waals surface area contributed by atoms with E-state index in [-0.39, 0.29) is 5.56 Å². The van der Waals surface area contributed by atoms with Gasteiger partial charge in [0.05, 0.1) is 0 Å². The lowest BCUT2D eigenvalue weighted by molar-refractivity contribution is -0.146. The van der Waals surface area contributed by atoms with Crippen molar-refractivity contribution in [1.82, 2.24) is 10.2 Å². The van der Waals surface area contributed by atoms with Crippen LogP contribution in [0.25, 0.3) is 0 Å². The van der Waals surface area contributed by atoms with Crippen molar-refractivity contribution in [3.05, 3.63) is 71.5 Å². The molecule has 0 spiro atoms. The predicted octanol–water partition coefficient (Wildman–Crippen LogP) is 2.02. The molecule has 0 saturated carbocycles. The van der Waals surface area contributed by atoms with E-state index in [0.717, 1.165) is 11.0 Å². The Bertz CT molecular complexity index is 947. The van der Waals surface area contributed by atoms with Crippen molar-refractivity contribution >= 4 is 23.7 Å². The quantitative estimate of drug-likeness (QED) is 0.467. The number of hydrogen-bond acceptors (Lipinski definition) is 5. The van der Waals surface area contributed by atoms with Gasteiger partial charge in [0, 0.05) is 5.56 Å². The Balaban J connectivity index is 1.62. The number of rotatable bonds is 6. The van der Waals surface area contributed by atoms with Crippen molar-refractivity contribution in [3.63, 3.8) is 0 Å². The van der Waals surface area contributed by atoms with Crippen molar-refractivity contribution in [2.45, 2.75) is 12.5 Å². The molecule has 1 saturated heterocycles. The van der Waals surface area contributed by atoms with Crippen LogP contribution in [-0.2, 0) is 19.9 Å². The summed E-state index contributed by atoms with van der Waals surface area (Å²) >= 11 is 0. The maximum Gasteiger partial charge on any atom is 0.326 e. The average Bonchev–Trinajstić information content (AvgIpc) is 2.91. The fourth-order valence-corrected chi connectivity index (χ4v) is 2.87. The smallest absolute Gasteiger partial charge is 0.326 e. The fourth-order valence-electron chi connectivity index (χ4n) is 2.87. The van der Waals surface area contributed by atoms with E-state index in [1.165, 1.54) is 18.2 Å². The second-order valence-electron chi connectivity index (χ2n) is 6.41. The highest BCUT2D eigenvalue weighted by Gasteiger charge is 2.49. The molecule has 2 aromatic rings. The number of ether oxygens (including phenoxy) is 1. The summed E-state index contributed by atoms with van der Waals surface area (Å²) in [7, 11) is 0. The third-order valence-corrected chi connectivity index (χ3v) is 4.42. The maximum atomic E-state index is 13.1. The molecular formula is C20H17FN2O5. The van der Waals surface area contributed by atoms with E-state index in [4.69, 9.17) is 4.74 Å². The zero-order valence-corrected chi connectivity index (χ0v) is 15.0. The molecule has 1 N–H and O–H groups in total. The Morgan fingerprint density at radius 1 is 1.11 bits per heavy atom. The zero-order valence-electron chi connectivity index (χ0n) is 15.0. The molecule has 3 amide bonds. The van der Waals surface area contributed by atoms with Crippen LogP contribution in [0.15, 0.2) is 54.6 Å². The van der Waals surface area contributed by atoms with Crippen LogP contribution in [0, 0.1) is 5.82 Å². The van der Waals surface area contributed by atoms with E-state index in [1.54, 1.807) is 37.3 Å². The molecule has 144 valence electrons. The lowest BCUT2D eigenvalue weighted by Crippen LogP contribution is -2.41. The number of nitrogens with one attached hydrogen (secondary N) is 1. The number of urea groups is 1. The van der Waals surface area contributed by atoms with Gasteiger partial charge in [0.25, 0.3) is 5.91 Å². The van der Waals surface area contributed by atoms with Crippen molar-refractivity contribution in [3.8, 4) is 0 Å². The highest BCUT2D eigenvalue weighted by Crippen LogP contribution is 2.28. The van der Waals surface area contributed by atoms with Crippen LogP contribution < -0.4 is 5.32 Å². The summed E-state index contributed by atoms with van der Waals surface area (Å²) in [4.78, 5) is 49.6. The number of halogens is 1. The number of imide groups is 1. The molecule has 1 aliphatic heterocycles. The van der Waals surface area contributed by atoms with E-state index >= 15 is 0 Å². The Morgan fingerprint density at radius 2 is 1.82 bits per heavy atom. The molecule has 8 heteroatoms. The molecule has 3 rings (SSSR count). The highest BCUT2D eigenvalue weighted by molar-refractivity contribution is 6.09. The zero-order chi connectivity index (χ0) is 20.3. The first-order valence-electron chi connectivity index (χ1n) is 8.45. The van der Waals surface area contributed by atoms with E-state index in [2.05, 4.69) is 5.32 Å². The van der Waals surface area contributed by atoms with Crippen LogP contribution in [-0.4, -0.2) is 41.7 Å². The van der Waals surface area contributed by atoms with Crippen molar-refractivity contribution in [2.75, 3.05) is 13.2 Å². The number of amides is 3. The predicted molar refractivity (Wildman–Crippen MR) is 95.7 cm³/mol. The molecule has 2 aromatic carbocycles. The molecule has 0 unspecified atom stereocenters. The largest absolute Gasteiger partial charge is 0.456 e. The lowest BCUT2D eigenvalue weighted by Gasteiger charge is -2.21. The fraction of sp³-hybridized carbons (Fsp3) is 0.200. The average molecular weight is 384 g/mol. The van der Waals surface area contributed by atoms with Crippen LogP contribution in [0.2, 0.25) is 0 Å². The number of nitrogens with zero attached hydrogens (tertiary/aromatic N) is 1. The van der Waals surface area contributed by atoms with Gasteiger partial charge in [-0.3, -0.25) is 19.3 Å². The number of carbonyl (C=O) groups is 4. The monoisotopic (exact) mass is 384 g/mol. The summed E-state index contributed by atoms with van der Waals surface area (Å²) in [5.41, 5.74) is -0.666. The van der Waals surface area contributed by atoms with Gasteiger partial charge < -0.3 is 10.1 Å². The number of carbonyl (C=O) groups excluding carboxylic acids is 4. The summed E-state index contributed by atoms with van der Waals surface area (Å²) in [5, 5.41) is 2.57. The summed E-state index contributed by atoms with van der Waals surface area (Å²) < 4.78 is 18.0. The Hall–Kier alpha value is -3.55. The van der Waals surface area contributed by atoms with Crippen molar-refractivity contribution < 1.29 is 28.3 Å². The molecule has 1 fully saturated rings. The third-order valence-electron chi connectivity index (χ3n) is 4.42. The second kappa shape index (κ2) is 7.59. The third kappa shape index (κ3) is 3.75. The summed E-state index contributed by atoms with van der Waals surface area (Å²) in [6.45, 7) is 0.285. The molecular weight excluding hydrogens is 367 g/mol. The highest BCUT2D eigenvalue weighted by atomic mass is 19.1. The first-order chi connectivity index (χ1) is 13.3. The molecule has 0 radical (unpaired) electrons. The molecule has 1 heterocycles. The molecule has 0 bridgehead atoms. The molecule has 28 heavy (non-hydrogen) atoms. The number of Topliss-reactive ketones (excluding diaryl/α,β-unsaturated/α-hetero) is 1. The number of ketones is 1. The normalized spacial score (nSPS) is 18.7. The second-order valence-corrected chi connectivity index (χ2v) is 6.41. The van der Waals surface area contributed by atoms with Gasteiger partial charge in [-0.05, 0) is 24.6 Å². The Labute approximate surface area is 160 Å². The van der Waals surface area contributed by atoms with E-state index in [1.807, 2.05) is 0 Å². The molecule has 1 atom stereocenters. The minimum Gasteiger partial charge on any atom is -0.456 e. The van der Waals surface area contributed by atoms with E-state index in [0.29, 0.717) is 5.56 Å². The van der Waals surface area contributed by atoms with Crippen LogP contribution in [0.1, 0.15) is 22.8 Å². The van der Waals surface area contributed by atoms with Gasteiger partial charge in [-0.1, -0.05) is 42.5 Å². The Kier molecular flexibility index (Phi) is 5.21. The van der Waals surface area contributed by atoms with Crippen molar-refractivity contribution in [1.29, 1.82) is 0 Å². The van der Waals surface area contributed by atoms with Gasteiger partial charge >= 0.3 is 12.0 Å². The summed E-state index contributed by atoms with van der Waals surface area (Å²) in [6, 6.07) is 12.9. The van der Waals surface area contributed by atoms with Crippen LogP contribution in [0.3, 0.4) is 0 Å². The van der Waals surface area contributed by atoms with Gasteiger partial charge in [0.1, 0.15) is 17.9 Å². The molecule has 7 nitrogen and oxygen atoms in total. The van der Waals surface area contributed by atoms with Gasteiger partial charge in [0.2, 0.25) is 0 Å². The van der Waals surface area contributed by atoms with Crippen LogP contribution >= 0.6 is 0 Å². The molecule has 0 aliphatic carbocycles. The minimum atomic E-state index is -1.30. The van der Waals surface area contributed by atoms with Crippen LogP contribution in [0.4, 0.5) is 9.18 Å². The maximum absolute atomic E-state index is 13.1. The van der Waals surface area contributed by atoms with Crippen molar-refractivity contribution in [2.24, 2.45) is 0 Å². The van der Waals surface area contributed by atoms with Gasteiger partial charge in [-0.15, -0.1) is 0 Å². The van der Waals surface area contributed by atoms with E-state index < -0.39 is 48.2 Å². The number of hydrogen-bond donors (Lipinski definition) is 1. The molecule has 0 aromatic heterocycles. The SMILES string of the molecule is C[C@]1(c2ccccc2)NC(=O)N(CC(=O)OCC(=O)c2cccc(F)c2)C1=O. The Morgan fingerprint density at radius 3 is 2.50 bits per heavy atom. The number of esters is 1. The summed E-state index contributed by atoms with van der Waals surface area (Å²) in [6.07, 6.45) is 0. The molecule has 1 aliphatic rings. The van der Waals surface area contributed by atoms with Gasteiger partial charge in [-0.25, -0.2) is 9.18 Å². The summed E-state index contributed by atoms with van der Waals surface area (Å²) in [5.74, 6) is -2.71. The number of benzene rings is 2. The first kappa shape index (κ1) is 19.2. The van der Waals surface area contributed by atoms with Gasteiger partial charge in [0.15, 0.2) is 12.4 Å². The first-order valence-corrected chi connectivity index (χ1v) is 8.45. The van der Waals surface area contributed by atoms with Crippen LogP contribution in [0.5, 0.6) is 0 Å². The minimum absolute atomic E-state index is 0.0550. The lowest BCUT2D eigenvalue weighted by atomic mass is 9.92.